The van der Waals surface area contributed by atoms with E-state index >= 15 is 0 Å². The number of para-hydroxylation sites is 1. The Kier molecular flexibility index (Phi) is 4.87. The summed E-state index contributed by atoms with van der Waals surface area (Å²) in [4.78, 5) is 0. The van der Waals surface area contributed by atoms with Crippen LogP contribution in [0.15, 0.2) is 24.3 Å². The van der Waals surface area contributed by atoms with Gasteiger partial charge >= 0.3 is 0 Å². The quantitative estimate of drug-likeness (QED) is 0.842. The van der Waals surface area contributed by atoms with Crippen molar-refractivity contribution < 1.29 is 4.74 Å². The molecule has 0 aliphatic heterocycles. The second-order valence-corrected chi connectivity index (χ2v) is 4.95. The first-order valence-electron chi connectivity index (χ1n) is 6.75. The van der Waals surface area contributed by atoms with Gasteiger partial charge in [-0.1, -0.05) is 37.5 Å². The SMILES string of the molecule is CNCc1ccccc1OCC1CCCCC1. The fraction of sp³-hybridized carbons (Fsp3) is 0.600. The highest BCUT2D eigenvalue weighted by Gasteiger charge is 2.14. The van der Waals surface area contributed by atoms with Crippen LogP contribution in [0.5, 0.6) is 5.75 Å². The van der Waals surface area contributed by atoms with Crippen LogP contribution in [0, 0.1) is 5.92 Å². The number of hydrogen-bond acceptors (Lipinski definition) is 2. The highest BCUT2D eigenvalue weighted by Crippen LogP contribution is 2.25. The standard InChI is InChI=1S/C15H23NO/c1-16-11-14-9-5-6-10-15(14)17-12-13-7-3-2-4-8-13/h5-6,9-10,13,16H,2-4,7-8,11-12H2,1H3. The van der Waals surface area contributed by atoms with E-state index in [0.29, 0.717) is 0 Å². The van der Waals surface area contributed by atoms with Crippen molar-refractivity contribution in [3.8, 4) is 5.75 Å². The van der Waals surface area contributed by atoms with Crippen LogP contribution in [0.25, 0.3) is 0 Å². The molecule has 1 N–H and O–H groups in total. The summed E-state index contributed by atoms with van der Waals surface area (Å²) in [5, 5.41) is 3.18. The molecular formula is C15H23NO. The minimum atomic E-state index is 0.770. The molecule has 0 saturated heterocycles. The van der Waals surface area contributed by atoms with Crippen molar-refractivity contribution in [2.24, 2.45) is 5.92 Å². The molecule has 0 spiro atoms. The number of hydrogen-bond donors (Lipinski definition) is 1. The van der Waals surface area contributed by atoms with Gasteiger partial charge in [0.1, 0.15) is 5.75 Å². The molecule has 0 unspecified atom stereocenters. The zero-order valence-corrected chi connectivity index (χ0v) is 10.7. The molecule has 0 heterocycles. The number of nitrogens with one attached hydrogen (secondary N) is 1. The van der Waals surface area contributed by atoms with E-state index in [4.69, 9.17) is 4.74 Å². The number of ether oxygens (including phenoxy) is 1. The number of benzene rings is 1. The van der Waals surface area contributed by atoms with Gasteiger partial charge in [-0.25, -0.2) is 0 Å². The van der Waals surface area contributed by atoms with Gasteiger partial charge in [0.25, 0.3) is 0 Å². The Labute approximate surface area is 104 Å². The molecule has 1 aromatic carbocycles. The minimum Gasteiger partial charge on any atom is -0.493 e. The van der Waals surface area contributed by atoms with Crippen LogP contribution in [0.3, 0.4) is 0 Å². The maximum Gasteiger partial charge on any atom is 0.123 e. The van der Waals surface area contributed by atoms with Gasteiger partial charge in [-0.15, -0.1) is 0 Å². The average molecular weight is 233 g/mol. The Morgan fingerprint density at radius 1 is 1.18 bits per heavy atom. The van der Waals surface area contributed by atoms with Crippen molar-refractivity contribution in [1.29, 1.82) is 0 Å². The zero-order chi connectivity index (χ0) is 11.9. The monoisotopic (exact) mass is 233 g/mol. The molecule has 1 fully saturated rings. The Bertz CT molecular complexity index is 331. The molecule has 2 nitrogen and oxygen atoms in total. The van der Waals surface area contributed by atoms with Crippen LogP contribution in [0.4, 0.5) is 0 Å². The van der Waals surface area contributed by atoms with Gasteiger partial charge in [-0.2, -0.15) is 0 Å². The lowest BCUT2D eigenvalue weighted by atomic mass is 9.90. The van der Waals surface area contributed by atoms with E-state index in [-0.39, 0.29) is 0 Å². The summed E-state index contributed by atoms with van der Waals surface area (Å²) in [5.41, 5.74) is 1.26. The van der Waals surface area contributed by atoms with Gasteiger partial charge in [0.2, 0.25) is 0 Å². The lowest BCUT2D eigenvalue weighted by molar-refractivity contribution is 0.207. The molecule has 94 valence electrons. The van der Waals surface area contributed by atoms with E-state index in [1.807, 2.05) is 7.05 Å². The van der Waals surface area contributed by atoms with Crippen LogP contribution in [0.2, 0.25) is 0 Å². The highest BCUT2D eigenvalue weighted by molar-refractivity contribution is 5.33. The molecule has 1 saturated carbocycles. The summed E-state index contributed by atoms with van der Waals surface area (Å²) < 4.78 is 5.99. The van der Waals surface area contributed by atoms with Gasteiger partial charge in [-0.3, -0.25) is 0 Å². The maximum atomic E-state index is 5.99. The molecule has 2 rings (SSSR count). The van der Waals surface area contributed by atoms with Gasteiger partial charge in [0.05, 0.1) is 6.61 Å². The molecule has 1 aromatic rings. The molecule has 1 aliphatic rings. The normalized spacial score (nSPS) is 17.0. The van der Waals surface area contributed by atoms with Crippen LogP contribution in [0.1, 0.15) is 37.7 Å². The van der Waals surface area contributed by atoms with Crippen molar-refractivity contribution in [3.05, 3.63) is 29.8 Å². The molecule has 2 heteroatoms. The molecule has 17 heavy (non-hydrogen) atoms. The lowest BCUT2D eigenvalue weighted by Gasteiger charge is -2.22. The summed E-state index contributed by atoms with van der Waals surface area (Å²) >= 11 is 0. The Hall–Kier alpha value is -1.02. The van der Waals surface area contributed by atoms with E-state index in [0.717, 1.165) is 24.8 Å². The Morgan fingerprint density at radius 2 is 1.94 bits per heavy atom. The summed E-state index contributed by atoms with van der Waals surface area (Å²) in [6.07, 6.45) is 6.85. The van der Waals surface area contributed by atoms with Crippen LogP contribution >= 0.6 is 0 Å². The van der Waals surface area contributed by atoms with Crippen LogP contribution in [-0.4, -0.2) is 13.7 Å². The summed E-state index contributed by atoms with van der Waals surface area (Å²) in [6.45, 7) is 1.77. The van der Waals surface area contributed by atoms with Gasteiger partial charge in [-0.05, 0) is 31.9 Å². The average Bonchev–Trinajstić information content (AvgIpc) is 2.39. The third-order valence-corrected chi connectivity index (χ3v) is 3.54. The predicted molar refractivity (Wildman–Crippen MR) is 71.3 cm³/mol. The Balaban J connectivity index is 1.88. The third kappa shape index (κ3) is 3.74. The van der Waals surface area contributed by atoms with Gasteiger partial charge < -0.3 is 10.1 Å². The second-order valence-electron chi connectivity index (χ2n) is 4.95. The van der Waals surface area contributed by atoms with Crippen molar-refractivity contribution in [3.63, 3.8) is 0 Å². The van der Waals surface area contributed by atoms with E-state index in [2.05, 4.69) is 29.6 Å². The highest BCUT2D eigenvalue weighted by atomic mass is 16.5. The van der Waals surface area contributed by atoms with E-state index in [1.165, 1.54) is 37.7 Å². The molecule has 0 atom stereocenters. The molecular weight excluding hydrogens is 210 g/mol. The molecule has 1 aliphatic carbocycles. The smallest absolute Gasteiger partial charge is 0.123 e. The fourth-order valence-corrected chi connectivity index (χ4v) is 2.54. The second kappa shape index (κ2) is 6.65. The minimum absolute atomic E-state index is 0.770. The third-order valence-electron chi connectivity index (χ3n) is 3.54. The molecule has 0 bridgehead atoms. The fourth-order valence-electron chi connectivity index (χ4n) is 2.54. The summed E-state index contributed by atoms with van der Waals surface area (Å²) in [6, 6.07) is 8.33. The van der Waals surface area contributed by atoms with Crippen molar-refractivity contribution >= 4 is 0 Å². The van der Waals surface area contributed by atoms with Gasteiger partial charge in [0.15, 0.2) is 0 Å². The summed E-state index contributed by atoms with van der Waals surface area (Å²) in [7, 11) is 1.97. The predicted octanol–water partition coefficient (Wildman–Crippen LogP) is 3.37. The van der Waals surface area contributed by atoms with Crippen molar-refractivity contribution in [2.75, 3.05) is 13.7 Å². The zero-order valence-electron chi connectivity index (χ0n) is 10.7. The molecule has 0 aromatic heterocycles. The van der Waals surface area contributed by atoms with E-state index in [9.17, 15) is 0 Å². The molecule has 0 radical (unpaired) electrons. The Morgan fingerprint density at radius 3 is 2.71 bits per heavy atom. The first-order valence-corrected chi connectivity index (χ1v) is 6.75. The van der Waals surface area contributed by atoms with E-state index < -0.39 is 0 Å². The topological polar surface area (TPSA) is 21.3 Å². The van der Waals surface area contributed by atoms with E-state index in [1.54, 1.807) is 0 Å². The maximum absolute atomic E-state index is 5.99. The van der Waals surface area contributed by atoms with Crippen molar-refractivity contribution in [2.45, 2.75) is 38.6 Å². The van der Waals surface area contributed by atoms with Crippen molar-refractivity contribution in [1.82, 2.24) is 5.32 Å². The first-order chi connectivity index (χ1) is 8.40. The lowest BCUT2D eigenvalue weighted by Crippen LogP contribution is -2.16. The largest absolute Gasteiger partial charge is 0.493 e. The number of rotatable bonds is 5. The molecule has 0 amide bonds. The first kappa shape index (κ1) is 12.4. The van der Waals surface area contributed by atoms with Crippen LogP contribution in [-0.2, 0) is 6.54 Å². The summed E-state index contributed by atoms with van der Waals surface area (Å²) in [5.74, 6) is 1.82. The van der Waals surface area contributed by atoms with Gasteiger partial charge in [0, 0.05) is 12.1 Å². The van der Waals surface area contributed by atoms with Crippen LogP contribution < -0.4 is 10.1 Å².